The summed E-state index contributed by atoms with van der Waals surface area (Å²) in [5.74, 6) is 0.110. The number of nitrogens with one attached hydrogen (secondary N) is 2. The minimum atomic E-state index is -0.385. The van der Waals surface area contributed by atoms with Gasteiger partial charge in [-0.05, 0) is 35.7 Å². The van der Waals surface area contributed by atoms with Gasteiger partial charge < -0.3 is 10.1 Å². The SMILES string of the molecule is COc1ccc(Nc2nnc(SCC(=O)NC(=O)c3cccs3)s2)cc1. The number of methoxy groups -OCH3 is 1. The van der Waals surface area contributed by atoms with E-state index in [0.717, 1.165) is 11.4 Å². The monoisotopic (exact) mass is 406 g/mol. The van der Waals surface area contributed by atoms with Crippen LogP contribution in [0.15, 0.2) is 46.1 Å². The van der Waals surface area contributed by atoms with Crippen molar-refractivity contribution in [1.82, 2.24) is 15.5 Å². The number of hydrogen-bond donors (Lipinski definition) is 2. The van der Waals surface area contributed by atoms with Crippen molar-refractivity contribution in [3.05, 3.63) is 46.7 Å². The molecule has 0 aliphatic carbocycles. The Kier molecular flexibility index (Phi) is 6.21. The molecule has 0 spiro atoms. The Hall–Kier alpha value is -2.43. The highest BCUT2D eigenvalue weighted by Crippen LogP contribution is 2.28. The molecule has 0 saturated heterocycles. The van der Waals surface area contributed by atoms with Crippen molar-refractivity contribution in [3.8, 4) is 5.75 Å². The standard InChI is InChI=1S/C16H14N4O3S3/c1-23-11-6-4-10(5-7-11)17-15-19-20-16(26-15)25-9-13(21)18-14(22)12-3-2-8-24-12/h2-8H,9H2,1H3,(H,17,19)(H,18,21,22). The van der Waals surface area contributed by atoms with E-state index in [1.54, 1.807) is 24.6 Å². The minimum Gasteiger partial charge on any atom is -0.497 e. The summed E-state index contributed by atoms with van der Waals surface area (Å²) < 4.78 is 5.75. The summed E-state index contributed by atoms with van der Waals surface area (Å²) in [4.78, 5) is 24.2. The van der Waals surface area contributed by atoms with Crippen LogP contribution in [0.4, 0.5) is 10.8 Å². The average molecular weight is 407 g/mol. The van der Waals surface area contributed by atoms with Crippen molar-refractivity contribution >= 4 is 57.1 Å². The maximum Gasteiger partial charge on any atom is 0.267 e. The number of imide groups is 1. The normalized spacial score (nSPS) is 10.3. The molecule has 3 aromatic rings. The highest BCUT2D eigenvalue weighted by Gasteiger charge is 2.13. The van der Waals surface area contributed by atoms with Gasteiger partial charge in [-0.3, -0.25) is 14.9 Å². The number of nitrogens with zero attached hydrogens (tertiary/aromatic N) is 2. The molecule has 2 aromatic heterocycles. The van der Waals surface area contributed by atoms with Gasteiger partial charge >= 0.3 is 0 Å². The van der Waals surface area contributed by atoms with Crippen LogP contribution in [0.5, 0.6) is 5.75 Å². The molecule has 7 nitrogen and oxygen atoms in total. The Morgan fingerprint density at radius 1 is 1.19 bits per heavy atom. The number of ether oxygens (including phenoxy) is 1. The molecule has 0 aliphatic rings. The highest BCUT2D eigenvalue weighted by atomic mass is 32.2. The Bertz CT molecular complexity index is 879. The van der Waals surface area contributed by atoms with E-state index in [2.05, 4.69) is 20.8 Å². The van der Waals surface area contributed by atoms with Gasteiger partial charge in [0.25, 0.3) is 5.91 Å². The predicted octanol–water partition coefficient (Wildman–Crippen LogP) is 3.40. The van der Waals surface area contributed by atoms with E-state index in [1.807, 2.05) is 24.3 Å². The first-order valence-electron chi connectivity index (χ1n) is 7.39. The lowest BCUT2D eigenvalue weighted by Gasteiger charge is -2.03. The van der Waals surface area contributed by atoms with Gasteiger partial charge in [-0.1, -0.05) is 29.2 Å². The maximum atomic E-state index is 11.9. The number of benzene rings is 1. The minimum absolute atomic E-state index is 0.0916. The molecule has 0 aliphatic heterocycles. The van der Waals surface area contributed by atoms with Crippen LogP contribution in [-0.2, 0) is 4.79 Å². The largest absolute Gasteiger partial charge is 0.497 e. The van der Waals surface area contributed by atoms with Crippen LogP contribution in [0.25, 0.3) is 0 Å². The molecular weight excluding hydrogens is 392 g/mol. The Labute approximate surface area is 161 Å². The zero-order chi connectivity index (χ0) is 18.4. The van der Waals surface area contributed by atoms with Gasteiger partial charge in [0, 0.05) is 5.69 Å². The first-order valence-corrected chi connectivity index (χ1v) is 10.1. The first kappa shape index (κ1) is 18.4. The fraction of sp³-hybridized carbons (Fsp3) is 0.125. The molecule has 0 saturated carbocycles. The second kappa shape index (κ2) is 8.79. The lowest BCUT2D eigenvalue weighted by Crippen LogP contribution is -2.31. The van der Waals surface area contributed by atoms with Crippen LogP contribution in [0.3, 0.4) is 0 Å². The summed E-state index contributed by atoms with van der Waals surface area (Å²) in [5, 5.41) is 16.0. The number of hydrogen-bond acceptors (Lipinski definition) is 9. The van der Waals surface area contributed by atoms with Gasteiger partial charge in [-0.15, -0.1) is 21.5 Å². The van der Waals surface area contributed by atoms with Crippen molar-refractivity contribution in [2.45, 2.75) is 4.34 Å². The summed E-state index contributed by atoms with van der Waals surface area (Å²) in [7, 11) is 1.61. The Morgan fingerprint density at radius 2 is 2.00 bits per heavy atom. The summed E-state index contributed by atoms with van der Waals surface area (Å²) in [6, 6.07) is 10.9. The third-order valence-electron chi connectivity index (χ3n) is 3.07. The lowest BCUT2D eigenvalue weighted by molar-refractivity contribution is -0.117. The molecule has 0 radical (unpaired) electrons. The van der Waals surface area contributed by atoms with E-state index in [9.17, 15) is 9.59 Å². The lowest BCUT2D eigenvalue weighted by atomic mass is 10.3. The molecule has 1 aromatic carbocycles. The maximum absolute atomic E-state index is 11.9. The zero-order valence-electron chi connectivity index (χ0n) is 13.6. The molecule has 0 fully saturated rings. The van der Waals surface area contributed by atoms with Gasteiger partial charge in [-0.25, -0.2) is 0 Å². The molecule has 26 heavy (non-hydrogen) atoms. The Morgan fingerprint density at radius 3 is 2.69 bits per heavy atom. The highest BCUT2D eigenvalue weighted by molar-refractivity contribution is 8.01. The number of thiophene rings is 1. The average Bonchev–Trinajstić information content (AvgIpc) is 3.33. The number of thioether (sulfide) groups is 1. The molecule has 2 amide bonds. The summed E-state index contributed by atoms with van der Waals surface area (Å²) in [5.41, 5.74) is 0.859. The van der Waals surface area contributed by atoms with E-state index in [0.29, 0.717) is 14.3 Å². The zero-order valence-corrected chi connectivity index (χ0v) is 16.0. The quantitative estimate of drug-likeness (QED) is 0.581. The van der Waals surface area contributed by atoms with Crippen LogP contribution in [0, 0.1) is 0 Å². The molecule has 2 heterocycles. The van der Waals surface area contributed by atoms with Crippen molar-refractivity contribution in [3.63, 3.8) is 0 Å². The van der Waals surface area contributed by atoms with Crippen molar-refractivity contribution in [2.75, 3.05) is 18.2 Å². The van der Waals surface area contributed by atoms with Gasteiger partial charge in [0.2, 0.25) is 11.0 Å². The second-order valence-corrected chi connectivity index (χ2v) is 8.02. The van der Waals surface area contributed by atoms with E-state index in [4.69, 9.17) is 4.74 Å². The molecule has 0 bridgehead atoms. The van der Waals surface area contributed by atoms with Crippen LogP contribution >= 0.6 is 34.4 Å². The number of aromatic nitrogens is 2. The number of anilines is 2. The molecule has 10 heteroatoms. The molecule has 0 atom stereocenters. The third-order valence-corrected chi connectivity index (χ3v) is 5.91. The van der Waals surface area contributed by atoms with E-state index >= 15 is 0 Å². The van der Waals surface area contributed by atoms with Crippen LogP contribution in [0.2, 0.25) is 0 Å². The summed E-state index contributed by atoms with van der Waals surface area (Å²) in [6.07, 6.45) is 0. The Balaban J connectivity index is 1.48. The van der Waals surface area contributed by atoms with Gasteiger partial charge in [0.05, 0.1) is 17.7 Å². The summed E-state index contributed by atoms with van der Waals surface area (Å²) >= 11 is 3.85. The fourth-order valence-corrected chi connectivity index (χ4v) is 4.07. The fourth-order valence-electron chi connectivity index (χ4n) is 1.88. The van der Waals surface area contributed by atoms with Gasteiger partial charge in [-0.2, -0.15) is 0 Å². The number of amides is 2. The van der Waals surface area contributed by atoms with Gasteiger partial charge in [0.1, 0.15) is 5.75 Å². The van der Waals surface area contributed by atoms with E-state index in [1.165, 1.54) is 34.4 Å². The molecule has 2 N–H and O–H groups in total. The molecule has 134 valence electrons. The third kappa shape index (κ3) is 5.04. The number of rotatable bonds is 7. The number of carbonyl (C=O) groups excluding carboxylic acids is 2. The molecular formula is C16H14N4O3S3. The second-order valence-electron chi connectivity index (χ2n) is 4.87. The predicted molar refractivity (Wildman–Crippen MR) is 104 cm³/mol. The topological polar surface area (TPSA) is 93.2 Å². The molecule has 3 rings (SSSR count). The smallest absolute Gasteiger partial charge is 0.267 e. The van der Waals surface area contributed by atoms with E-state index in [-0.39, 0.29) is 17.6 Å². The van der Waals surface area contributed by atoms with Crippen LogP contribution in [-0.4, -0.2) is 34.9 Å². The first-order chi connectivity index (χ1) is 12.6. The van der Waals surface area contributed by atoms with E-state index < -0.39 is 0 Å². The molecule has 0 unspecified atom stereocenters. The summed E-state index contributed by atoms with van der Waals surface area (Å²) in [6.45, 7) is 0. The van der Waals surface area contributed by atoms with Crippen molar-refractivity contribution in [2.24, 2.45) is 0 Å². The number of carbonyl (C=O) groups is 2. The van der Waals surface area contributed by atoms with Gasteiger partial charge in [0.15, 0.2) is 4.34 Å². The van der Waals surface area contributed by atoms with Crippen molar-refractivity contribution in [1.29, 1.82) is 0 Å². The van der Waals surface area contributed by atoms with Crippen molar-refractivity contribution < 1.29 is 14.3 Å². The van der Waals surface area contributed by atoms with Crippen LogP contribution < -0.4 is 15.4 Å². The van der Waals surface area contributed by atoms with Crippen LogP contribution in [0.1, 0.15) is 9.67 Å².